The summed E-state index contributed by atoms with van der Waals surface area (Å²) < 4.78 is 15.9. The van der Waals surface area contributed by atoms with Gasteiger partial charge in [0.15, 0.2) is 11.5 Å². The van der Waals surface area contributed by atoms with Crippen LogP contribution in [0.1, 0.15) is 16.9 Å². The van der Waals surface area contributed by atoms with Gasteiger partial charge in [-0.2, -0.15) is 0 Å². The summed E-state index contributed by atoms with van der Waals surface area (Å²) in [6.45, 7) is 0.207. The van der Waals surface area contributed by atoms with Gasteiger partial charge < -0.3 is 14.2 Å². The van der Waals surface area contributed by atoms with Gasteiger partial charge in [-0.15, -0.1) is 11.3 Å². The molecule has 6 heteroatoms. The normalized spacial score (nSPS) is 17.5. The van der Waals surface area contributed by atoms with Gasteiger partial charge in [0.2, 0.25) is 12.7 Å². The molecule has 0 unspecified atom stereocenters. The largest absolute Gasteiger partial charge is 0.454 e. The van der Waals surface area contributed by atoms with Crippen LogP contribution in [-0.2, 0) is 16.0 Å². The van der Waals surface area contributed by atoms with E-state index in [1.54, 1.807) is 29.5 Å². The Bertz CT molecular complexity index is 808. The van der Waals surface area contributed by atoms with E-state index in [2.05, 4.69) is 11.1 Å². The van der Waals surface area contributed by atoms with Crippen LogP contribution < -0.4 is 9.47 Å². The lowest BCUT2D eigenvalue weighted by molar-refractivity contribution is -0.130. The lowest BCUT2D eigenvalue weighted by Crippen LogP contribution is -2.05. The molecule has 1 aromatic carbocycles. The van der Waals surface area contributed by atoms with Gasteiger partial charge in [0.1, 0.15) is 5.70 Å². The molecule has 0 amide bonds. The van der Waals surface area contributed by atoms with Gasteiger partial charge in [-0.3, -0.25) is 0 Å². The summed E-state index contributed by atoms with van der Waals surface area (Å²) in [5, 5.41) is 2.04. The number of hydrogen-bond donors (Lipinski definition) is 0. The van der Waals surface area contributed by atoms with E-state index in [0.29, 0.717) is 28.7 Å². The first-order valence-electron chi connectivity index (χ1n) is 7.23. The van der Waals surface area contributed by atoms with Crippen molar-refractivity contribution < 1.29 is 19.0 Å². The van der Waals surface area contributed by atoms with Crippen molar-refractivity contribution in [2.45, 2.75) is 12.8 Å². The van der Waals surface area contributed by atoms with Gasteiger partial charge in [0.05, 0.1) is 0 Å². The lowest BCUT2D eigenvalue weighted by Gasteiger charge is -2.01. The summed E-state index contributed by atoms with van der Waals surface area (Å²) in [4.78, 5) is 17.5. The van der Waals surface area contributed by atoms with Crippen LogP contribution in [0.4, 0.5) is 0 Å². The van der Waals surface area contributed by atoms with Crippen LogP contribution in [0.2, 0.25) is 0 Å². The van der Waals surface area contributed by atoms with E-state index in [-0.39, 0.29) is 6.79 Å². The number of aryl methyl sites for hydroxylation is 1. The van der Waals surface area contributed by atoms with Crippen molar-refractivity contribution in [2.24, 2.45) is 4.99 Å². The Morgan fingerprint density at radius 3 is 3.00 bits per heavy atom. The highest BCUT2D eigenvalue weighted by Gasteiger charge is 2.25. The number of carbonyl (C=O) groups excluding carboxylic acids is 1. The zero-order valence-corrected chi connectivity index (χ0v) is 13.0. The molecule has 0 atom stereocenters. The fraction of sp³-hybridized carbons (Fsp3) is 0.176. The van der Waals surface area contributed by atoms with Crippen molar-refractivity contribution >= 4 is 23.2 Å². The van der Waals surface area contributed by atoms with E-state index in [0.717, 1.165) is 12.8 Å². The van der Waals surface area contributed by atoms with Crippen molar-refractivity contribution in [1.29, 1.82) is 0 Å². The topological polar surface area (TPSA) is 57.1 Å². The van der Waals surface area contributed by atoms with Crippen LogP contribution in [0, 0.1) is 0 Å². The Morgan fingerprint density at radius 1 is 1.22 bits per heavy atom. The minimum atomic E-state index is -0.413. The highest BCUT2D eigenvalue weighted by atomic mass is 32.1. The molecule has 0 spiro atoms. The zero-order valence-electron chi connectivity index (χ0n) is 12.2. The van der Waals surface area contributed by atoms with E-state index in [1.165, 1.54) is 4.88 Å². The number of fused-ring (bicyclic) bond motifs is 1. The van der Waals surface area contributed by atoms with Gasteiger partial charge in [-0.1, -0.05) is 12.1 Å². The second-order valence-corrected chi connectivity index (χ2v) is 6.11. The predicted molar refractivity (Wildman–Crippen MR) is 85.9 cm³/mol. The fourth-order valence-corrected chi connectivity index (χ4v) is 3.13. The van der Waals surface area contributed by atoms with Crippen molar-refractivity contribution in [2.75, 3.05) is 6.79 Å². The first-order chi connectivity index (χ1) is 11.3. The standard InChI is InChI=1S/C17H13NO4S/c19-17-13(5-1-3-12-4-2-8-23-12)18-16(22-17)11-6-7-14-15(9-11)21-10-20-14/h2,4-9H,1,3,10H2/b13-5+. The first kappa shape index (κ1) is 14.0. The Morgan fingerprint density at radius 2 is 2.13 bits per heavy atom. The maximum Gasteiger partial charge on any atom is 0.363 e. The predicted octanol–water partition coefficient (Wildman–Crippen LogP) is 3.30. The number of nitrogens with zero attached hydrogens (tertiary/aromatic N) is 1. The highest BCUT2D eigenvalue weighted by molar-refractivity contribution is 7.09. The number of allylic oxidation sites excluding steroid dienone is 1. The molecule has 23 heavy (non-hydrogen) atoms. The molecular weight excluding hydrogens is 314 g/mol. The molecule has 2 aliphatic heterocycles. The number of benzene rings is 1. The maximum absolute atomic E-state index is 11.9. The maximum atomic E-state index is 11.9. The molecule has 1 aromatic heterocycles. The number of ether oxygens (including phenoxy) is 3. The SMILES string of the molecule is O=C1OC(c2ccc3c(c2)OCO3)=N/C1=C/CCc1cccs1. The second-order valence-electron chi connectivity index (χ2n) is 5.08. The summed E-state index contributed by atoms with van der Waals surface area (Å²) in [7, 11) is 0. The van der Waals surface area contributed by atoms with Gasteiger partial charge in [0, 0.05) is 10.4 Å². The van der Waals surface area contributed by atoms with E-state index in [4.69, 9.17) is 14.2 Å². The fourth-order valence-electron chi connectivity index (χ4n) is 2.41. The monoisotopic (exact) mass is 327 g/mol. The van der Waals surface area contributed by atoms with Crippen molar-refractivity contribution in [3.63, 3.8) is 0 Å². The Balaban J connectivity index is 1.50. The molecule has 0 aliphatic carbocycles. The number of esters is 1. The molecule has 0 fully saturated rings. The summed E-state index contributed by atoms with van der Waals surface area (Å²) in [5.41, 5.74) is 1.05. The summed E-state index contributed by atoms with van der Waals surface area (Å²) in [6.07, 6.45) is 3.47. The molecule has 2 aromatic rings. The van der Waals surface area contributed by atoms with Gasteiger partial charge in [-0.25, -0.2) is 9.79 Å². The van der Waals surface area contributed by atoms with Crippen molar-refractivity contribution in [3.8, 4) is 11.5 Å². The second kappa shape index (κ2) is 5.89. The van der Waals surface area contributed by atoms with Gasteiger partial charge in [-0.05, 0) is 42.5 Å². The molecule has 3 heterocycles. The molecule has 0 N–H and O–H groups in total. The van der Waals surface area contributed by atoms with Crippen molar-refractivity contribution in [1.82, 2.24) is 0 Å². The molecule has 4 rings (SSSR count). The van der Waals surface area contributed by atoms with E-state index >= 15 is 0 Å². The Labute approximate surface area is 136 Å². The Hall–Kier alpha value is -2.60. The zero-order chi connectivity index (χ0) is 15.6. The molecule has 0 bridgehead atoms. The van der Waals surface area contributed by atoms with Crippen LogP contribution >= 0.6 is 11.3 Å². The van der Waals surface area contributed by atoms with Crippen LogP contribution in [0.25, 0.3) is 0 Å². The minimum Gasteiger partial charge on any atom is -0.454 e. The molecule has 0 saturated carbocycles. The Kier molecular flexibility index (Phi) is 3.59. The van der Waals surface area contributed by atoms with Gasteiger partial charge in [0.25, 0.3) is 0 Å². The van der Waals surface area contributed by atoms with E-state index in [9.17, 15) is 4.79 Å². The van der Waals surface area contributed by atoms with Gasteiger partial charge >= 0.3 is 5.97 Å². The number of thiophene rings is 1. The van der Waals surface area contributed by atoms with Crippen LogP contribution in [0.15, 0.2) is 52.5 Å². The molecule has 0 radical (unpaired) electrons. The highest BCUT2D eigenvalue weighted by Crippen LogP contribution is 2.33. The number of rotatable bonds is 4. The first-order valence-corrected chi connectivity index (χ1v) is 8.11. The summed E-state index contributed by atoms with van der Waals surface area (Å²) in [6, 6.07) is 9.45. The number of cyclic esters (lactones) is 1. The number of carbonyl (C=O) groups is 1. The molecular formula is C17H13NO4S. The number of aliphatic imine (C=N–C) groups is 1. The lowest BCUT2D eigenvalue weighted by atomic mass is 10.2. The third kappa shape index (κ3) is 2.85. The average molecular weight is 327 g/mol. The molecule has 0 saturated heterocycles. The molecule has 2 aliphatic rings. The third-order valence-electron chi connectivity index (χ3n) is 3.55. The quantitative estimate of drug-likeness (QED) is 0.639. The minimum absolute atomic E-state index is 0.207. The summed E-state index contributed by atoms with van der Waals surface area (Å²) >= 11 is 1.71. The average Bonchev–Trinajstić information content (AvgIpc) is 3.28. The van der Waals surface area contributed by atoms with E-state index in [1.807, 2.05) is 17.5 Å². The smallest absolute Gasteiger partial charge is 0.363 e. The third-order valence-corrected chi connectivity index (χ3v) is 4.48. The molecule has 5 nitrogen and oxygen atoms in total. The van der Waals surface area contributed by atoms with Crippen LogP contribution in [-0.4, -0.2) is 18.7 Å². The summed E-state index contributed by atoms with van der Waals surface area (Å²) in [5.74, 6) is 1.21. The van der Waals surface area contributed by atoms with Crippen LogP contribution in [0.5, 0.6) is 11.5 Å². The van der Waals surface area contributed by atoms with E-state index < -0.39 is 5.97 Å². The van der Waals surface area contributed by atoms with Crippen LogP contribution in [0.3, 0.4) is 0 Å². The van der Waals surface area contributed by atoms with Crippen molar-refractivity contribution in [3.05, 3.63) is 57.9 Å². The molecule has 116 valence electrons. The number of hydrogen-bond acceptors (Lipinski definition) is 6.